The van der Waals surface area contributed by atoms with E-state index in [0.717, 1.165) is 0 Å². The fraction of sp³-hybridized carbons (Fsp3) is 0.818. The number of halogens is 1. The smallest absolute Gasteiger partial charge is 0.145 e. The lowest BCUT2D eigenvalue weighted by atomic mass is 10.5. The predicted molar refractivity (Wildman–Crippen MR) is 59.9 cm³/mol. The summed E-state index contributed by atoms with van der Waals surface area (Å²) >= 11 is 0. The lowest BCUT2D eigenvalue weighted by Crippen LogP contribution is -2.43. The first-order chi connectivity index (χ1) is 5.89. The molecule has 13 heavy (non-hydrogen) atoms. The van der Waals surface area contributed by atoms with Crippen molar-refractivity contribution in [1.29, 1.82) is 0 Å². The van der Waals surface area contributed by atoms with Crippen molar-refractivity contribution in [2.75, 3.05) is 0 Å². The second-order valence-corrected chi connectivity index (χ2v) is 10.2. The van der Waals surface area contributed by atoms with Gasteiger partial charge in [-0.2, -0.15) is 0 Å². The molecule has 0 aliphatic rings. The van der Waals surface area contributed by atoms with E-state index in [1.165, 1.54) is 0 Å². The van der Waals surface area contributed by atoms with Gasteiger partial charge in [0.25, 0.3) is 0 Å². The van der Waals surface area contributed by atoms with Gasteiger partial charge in [0.1, 0.15) is 8.07 Å². The van der Waals surface area contributed by atoms with E-state index < -0.39 is 8.07 Å². The molecular weight excluding hydrogens is 179 g/mol. The van der Waals surface area contributed by atoms with E-state index in [9.17, 15) is 4.39 Å². The van der Waals surface area contributed by atoms with E-state index in [1.807, 2.05) is 0 Å². The quantitative estimate of drug-likeness (QED) is 0.474. The van der Waals surface area contributed by atoms with Crippen LogP contribution in [0.3, 0.4) is 0 Å². The summed E-state index contributed by atoms with van der Waals surface area (Å²) in [4.78, 5) is 0. The summed E-state index contributed by atoms with van der Waals surface area (Å²) in [6.07, 6.45) is 1.66. The van der Waals surface area contributed by atoms with Crippen LogP contribution < -0.4 is 0 Å². The molecule has 2 heteroatoms. The van der Waals surface area contributed by atoms with Crippen molar-refractivity contribution in [2.24, 2.45) is 0 Å². The Morgan fingerprint density at radius 2 is 1.15 bits per heavy atom. The standard InChI is InChI=1S/C11H21FSi/c1-9(2)13(8-7-12,10(3)4)11(5)6/h9-11H,1-6H3. The molecule has 0 rings (SSSR count). The number of hydrogen-bond acceptors (Lipinski definition) is 0. The third-order valence-corrected chi connectivity index (χ3v) is 9.39. The first kappa shape index (κ1) is 12.7. The van der Waals surface area contributed by atoms with Crippen LogP contribution in [0.2, 0.25) is 16.6 Å². The van der Waals surface area contributed by atoms with E-state index in [2.05, 4.69) is 47.1 Å². The normalized spacial score (nSPS) is 12.2. The molecule has 0 radical (unpaired) electrons. The minimum Gasteiger partial charge on any atom is -0.145 e. The molecule has 0 saturated heterocycles. The zero-order valence-electron chi connectivity index (χ0n) is 9.61. The van der Waals surface area contributed by atoms with Crippen molar-refractivity contribution < 1.29 is 4.39 Å². The van der Waals surface area contributed by atoms with Crippen molar-refractivity contribution in [1.82, 2.24) is 0 Å². The van der Waals surface area contributed by atoms with E-state index in [1.54, 1.807) is 6.17 Å². The predicted octanol–water partition coefficient (Wildman–Crippen LogP) is 4.13. The second-order valence-electron chi connectivity index (χ2n) is 4.62. The summed E-state index contributed by atoms with van der Waals surface area (Å²) in [7, 11) is -1.76. The van der Waals surface area contributed by atoms with Crippen LogP contribution >= 0.6 is 0 Å². The van der Waals surface area contributed by atoms with Crippen molar-refractivity contribution in [2.45, 2.75) is 58.2 Å². The SMILES string of the molecule is CC(C)[Si](C#CF)(C(C)C)C(C)C. The molecule has 0 amide bonds. The van der Waals surface area contributed by atoms with Gasteiger partial charge in [0.15, 0.2) is 0 Å². The molecule has 0 unspecified atom stereocenters. The Hall–Kier alpha value is -0.293. The monoisotopic (exact) mass is 200 g/mol. The molecule has 0 aliphatic heterocycles. The number of rotatable bonds is 3. The maximum absolute atomic E-state index is 12.2. The average molecular weight is 200 g/mol. The molecule has 0 spiro atoms. The molecule has 0 atom stereocenters. The third-order valence-electron chi connectivity index (χ3n) is 3.13. The maximum atomic E-state index is 12.2. The molecule has 0 aromatic heterocycles. The van der Waals surface area contributed by atoms with Gasteiger partial charge >= 0.3 is 0 Å². The van der Waals surface area contributed by atoms with Gasteiger partial charge in [-0.15, -0.1) is 4.39 Å². The Bertz CT molecular complexity index is 186. The third kappa shape index (κ3) is 2.34. The Morgan fingerprint density at radius 3 is 1.23 bits per heavy atom. The van der Waals surface area contributed by atoms with Crippen LogP contribution in [0.4, 0.5) is 4.39 Å². The largest absolute Gasteiger partial charge is 0.149 e. The molecule has 0 N–H and O–H groups in total. The summed E-state index contributed by atoms with van der Waals surface area (Å²) in [6, 6.07) is 0. The summed E-state index contributed by atoms with van der Waals surface area (Å²) in [5.41, 5.74) is 4.49. The average Bonchev–Trinajstić information content (AvgIpc) is 1.97. The second kappa shape index (κ2) is 4.81. The van der Waals surface area contributed by atoms with Gasteiger partial charge in [-0.3, -0.25) is 0 Å². The van der Waals surface area contributed by atoms with Crippen LogP contribution in [0.1, 0.15) is 41.5 Å². The van der Waals surface area contributed by atoms with Crippen LogP contribution in [0, 0.1) is 11.7 Å². The van der Waals surface area contributed by atoms with Gasteiger partial charge in [0.2, 0.25) is 0 Å². The minimum absolute atomic E-state index is 0.524. The van der Waals surface area contributed by atoms with Crippen LogP contribution in [-0.4, -0.2) is 8.07 Å². The highest BCUT2D eigenvalue weighted by atomic mass is 28.3. The van der Waals surface area contributed by atoms with Crippen molar-refractivity contribution in [3.8, 4) is 11.7 Å². The molecule has 0 saturated carbocycles. The summed E-state index contributed by atoms with van der Waals surface area (Å²) in [6.45, 7) is 13.1. The molecule has 0 fully saturated rings. The molecule has 76 valence electrons. The van der Waals surface area contributed by atoms with Crippen LogP contribution in [-0.2, 0) is 0 Å². The first-order valence-electron chi connectivity index (χ1n) is 5.02. The minimum atomic E-state index is -1.76. The molecule has 0 nitrogen and oxygen atoms in total. The van der Waals surface area contributed by atoms with Gasteiger partial charge in [0, 0.05) is 0 Å². The number of hydrogen-bond donors (Lipinski definition) is 0. The highest BCUT2D eigenvalue weighted by Crippen LogP contribution is 2.40. The van der Waals surface area contributed by atoms with E-state index in [-0.39, 0.29) is 0 Å². The fourth-order valence-electron chi connectivity index (χ4n) is 2.51. The Morgan fingerprint density at radius 1 is 0.846 bits per heavy atom. The Balaban J connectivity index is 5.14. The molecule has 0 aromatic carbocycles. The van der Waals surface area contributed by atoms with Gasteiger partial charge in [0.05, 0.1) is 6.17 Å². The van der Waals surface area contributed by atoms with Gasteiger partial charge in [-0.1, -0.05) is 47.1 Å². The van der Waals surface area contributed by atoms with E-state index in [0.29, 0.717) is 16.6 Å². The highest BCUT2D eigenvalue weighted by Gasteiger charge is 2.41. The highest BCUT2D eigenvalue weighted by molar-refractivity contribution is 6.90. The van der Waals surface area contributed by atoms with Crippen molar-refractivity contribution in [3.63, 3.8) is 0 Å². The van der Waals surface area contributed by atoms with Gasteiger partial charge in [-0.25, -0.2) is 0 Å². The van der Waals surface area contributed by atoms with Crippen molar-refractivity contribution >= 4 is 8.07 Å². The Labute approximate surface area is 82.9 Å². The van der Waals surface area contributed by atoms with Crippen LogP contribution in [0.15, 0.2) is 0 Å². The topological polar surface area (TPSA) is 0 Å². The fourth-order valence-corrected chi connectivity index (χ4v) is 7.54. The van der Waals surface area contributed by atoms with Crippen LogP contribution in [0.25, 0.3) is 0 Å². The van der Waals surface area contributed by atoms with Gasteiger partial charge in [-0.05, 0) is 16.6 Å². The molecular formula is C11H21FSi. The molecule has 0 bridgehead atoms. The maximum Gasteiger partial charge on any atom is 0.149 e. The zero-order valence-corrected chi connectivity index (χ0v) is 10.6. The summed E-state index contributed by atoms with van der Waals surface area (Å²) < 4.78 is 12.2. The summed E-state index contributed by atoms with van der Waals surface area (Å²) in [5.74, 6) is 0. The van der Waals surface area contributed by atoms with Crippen molar-refractivity contribution in [3.05, 3.63) is 0 Å². The Kier molecular flexibility index (Phi) is 4.70. The van der Waals surface area contributed by atoms with Crippen LogP contribution in [0.5, 0.6) is 0 Å². The van der Waals surface area contributed by atoms with E-state index in [4.69, 9.17) is 0 Å². The molecule has 0 heterocycles. The zero-order chi connectivity index (χ0) is 10.6. The first-order valence-corrected chi connectivity index (χ1v) is 7.25. The van der Waals surface area contributed by atoms with E-state index >= 15 is 0 Å². The lowest BCUT2D eigenvalue weighted by molar-refractivity contribution is 0.771. The summed E-state index contributed by atoms with van der Waals surface area (Å²) in [5, 5.41) is 0. The van der Waals surface area contributed by atoms with Gasteiger partial charge < -0.3 is 0 Å². The lowest BCUT2D eigenvalue weighted by Gasteiger charge is -2.37. The molecule has 0 aliphatic carbocycles. The molecule has 0 aromatic rings.